The summed E-state index contributed by atoms with van der Waals surface area (Å²) in [5, 5.41) is 1.12. The summed E-state index contributed by atoms with van der Waals surface area (Å²) in [4.78, 5) is 32.2. The number of ether oxygens (including phenoxy) is 1. The number of aromatic nitrogens is 2. The molecule has 0 saturated carbocycles. The Morgan fingerprint density at radius 3 is 2.96 bits per heavy atom. The molecular formula is C19H24BrN3O3S. The Hall–Kier alpha value is -1.38. The maximum atomic E-state index is 12.9. The number of rotatable bonds is 6. The van der Waals surface area contributed by atoms with E-state index in [-0.39, 0.29) is 23.3 Å². The summed E-state index contributed by atoms with van der Waals surface area (Å²) in [5.74, 6) is 0.391. The monoisotopic (exact) mass is 453 g/mol. The van der Waals surface area contributed by atoms with E-state index in [4.69, 9.17) is 4.74 Å². The molecule has 0 bridgehead atoms. The van der Waals surface area contributed by atoms with Gasteiger partial charge in [0.1, 0.15) is 0 Å². The number of likely N-dealkylation sites (tertiary alicyclic amines) is 1. The van der Waals surface area contributed by atoms with Crippen molar-refractivity contribution in [2.45, 2.75) is 43.9 Å². The zero-order chi connectivity index (χ0) is 19.4. The predicted octanol–water partition coefficient (Wildman–Crippen LogP) is 3.30. The van der Waals surface area contributed by atoms with Crippen LogP contribution in [-0.4, -0.2) is 52.4 Å². The predicted molar refractivity (Wildman–Crippen MR) is 111 cm³/mol. The third kappa shape index (κ3) is 4.73. The normalized spacial score (nSPS) is 17.4. The van der Waals surface area contributed by atoms with Crippen LogP contribution in [0, 0.1) is 0 Å². The molecule has 1 aliphatic heterocycles. The molecule has 1 aliphatic rings. The van der Waals surface area contributed by atoms with E-state index in [1.165, 1.54) is 18.2 Å². The smallest absolute Gasteiger partial charge is 0.262 e. The van der Waals surface area contributed by atoms with Gasteiger partial charge in [0.25, 0.3) is 5.56 Å². The number of amides is 1. The molecule has 2 heterocycles. The van der Waals surface area contributed by atoms with Gasteiger partial charge in [0, 0.05) is 24.2 Å². The Labute approximate surface area is 171 Å². The summed E-state index contributed by atoms with van der Waals surface area (Å²) in [6, 6.07) is 5.75. The highest BCUT2D eigenvalue weighted by molar-refractivity contribution is 9.10. The summed E-state index contributed by atoms with van der Waals surface area (Å²) < 4.78 is 7.59. The van der Waals surface area contributed by atoms with Gasteiger partial charge in [0.15, 0.2) is 5.16 Å². The molecule has 1 saturated heterocycles. The summed E-state index contributed by atoms with van der Waals surface area (Å²) in [7, 11) is 1.60. The van der Waals surface area contributed by atoms with Crippen molar-refractivity contribution in [3.63, 3.8) is 0 Å². The van der Waals surface area contributed by atoms with Crippen LogP contribution in [-0.2, 0) is 16.1 Å². The molecule has 3 rings (SSSR count). The van der Waals surface area contributed by atoms with E-state index >= 15 is 0 Å². The van der Waals surface area contributed by atoms with Crippen molar-refractivity contribution < 1.29 is 9.53 Å². The second-order valence-electron chi connectivity index (χ2n) is 6.73. The van der Waals surface area contributed by atoms with E-state index in [0.29, 0.717) is 29.2 Å². The fourth-order valence-corrected chi connectivity index (χ4v) is 4.61. The molecule has 1 atom stereocenters. The van der Waals surface area contributed by atoms with Crippen LogP contribution in [0.5, 0.6) is 0 Å². The van der Waals surface area contributed by atoms with Crippen molar-refractivity contribution in [3.8, 4) is 0 Å². The lowest BCUT2D eigenvalue weighted by atomic mass is 10.0. The molecule has 0 spiro atoms. The number of nitrogens with zero attached hydrogens (tertiary/aromatic N) is 3. The van der Waals surface area contributed by atoms with Gasteiger partial charge in [0.2, 0.25) is 5.91 Å². The average molecular weight is 454 g/mol. The Morgan fingerprint density at radius 2 is 2.22 bits per heavy atom. The summed E-state index contributed by atoms with van der Waals surface area (Å²) in [5.41, 5.74) is 0.526. The molecule has 8 heteroatoms. The Balaban J connectivity index is 1.86. The second kappa shape index (κ2) is 9.21. The standard InChI is InChI=1S/C19H24BrN3O3S/c1-13-5-3-4-8-22(13)17(24)12-27-19-21-16-7-6-14(20)11-15(16)18(25)23(19)9-10-26-2/h6-7,11,13H,3-5,8-10,12H2,1-2H3. The molecule has 146 valence electrons. The number of fused-ring (bicyclic) bond motifs is 1. The van der Waals surface area contributed by atoms with Gasteiger partial charge in [0.05, 0.1) is 29.8 Å². The minimum atomic E-state index is -0.111. The maximum absolute atomic E-state index is 12.9. The van der Waals surface area contributed by atoms with E-state index in [2.05, 4.69) is 27.8 Å². The van der Waals surface area contributed by atoms with E-state index in [1.54, 1.807) is 17.7 Å². The Morgan fingerprint density at radius 1 is 1.41 bits per heavy atom. The molecule has 1 fully saturated rings. The van der Waals surface area contributed by atoms with Crippen molar-refractivity contribution in [1.82, 2.24) is 14.5 Å². The number of piperidine rings is 1. The van der Waals surface area contributed by atoms with E-state index in [1.807, 2.05) is 17.0 Å². The number of benzene rings is 1. The van der Waals surface area contributed by atoms with Crippen LogP contribution in [0.4, 0.5) is 0 Å². The highest BCUT2D eigenvalue weighted by Gasteiger charge is 2.23. The number of carbonyl (C=O) groups is 1. The molecule has 1 aromatic carbocycles. The molecule has 27 heavy (non-hydrogen) atoms. The van der Waals surface area contributed by atoms with E-state index < -0.39 is 0 Å². The van der Waals surface area contributed by atoms with Gasteiger partial charge >= 0.3 is 0 Å². The summed E-state index contributed by atoms with van der Waals surface area (Å²) in [6.45, 7) is 3.73. The highest BCUT2D eigenvalue weighted by Crippen LogP contribution is 2.23. The first kappa shape index (κ1) is 20.4. The number of hydrogen-bond acceptors (Lipinski definition) is 5. The minimum absolute atomic E-state index is 0.107. The number of methoxy groups -OCH3 is 1. The molecule has 1 aromatic heterocycles. The van der Waals surface area contributed by atoms with Crippen molar-refractivity contribution in [1.29, 1.82) is 0 Å². The molecular weight excluding hydrogens is 430 g/mol. The van der Waals surface area contributed by atoms with Gasteiger partial charge < -0.3 is 9.64 Å². The quantitative estimate of drug-likeness (QED) is 0.495. The number of thioether (sulfide) groups is 1. The average Bonchev–Trinajstić information content (AvgIpc) is 2.66. The zero-order valence-corrected chi connectivity index (χ0v) is 18.0. The second-order valence-corrected chi connectivity index (χ2v) is 8.58. The highest BCUT2D eigenvalue weighted by atomic mass is 79.9. The first-order chi connectivity index (χ1) is 13.0. The van der Waals surface area contributed by atoms with Crippen LogP contribution in [0.2, 0.25) is 0 Å². The van der Waals surface area contributed by atoms with Gasteiger partial charge in [-0.15, -0.1) is 0 Å². The van der Waals surface area contributed by atoms with Crippen molar-refractivity contribution in [3.05, 3.63) is 33.0 Å². The third-order valence-electron chi connectivity index (χ3n) is 4.85. The van der Waals surface area contributed by atoms with Crippen molar-refractivity contribution >= 4 is 44.5 Å². The lowest BCUT2D eigenvalue weighted by Gasteiger charge is -2.33. The molecule has 0 N–H and O–H groups in total. The van der Waals surface area contributed by atoms with Crippen molar-refractivity contribution in [2.75, 3.05) is 26.0 Å². The van der Waals surface area contributed by atoms with Gasteiger partial charge in [-0.05, 0) is 44.4 Å². The van der Waals surface area contributed by atoms with Gasteiger partial charge in [-0.3, -0.25) is 14.2 Å². The van der Waals surface area contributed by atoms with Gasteiger partial charge in [-0.25, -0.2) is 4.98 Å². The Bertz CT molecular complexity index is 886. The molecule has 1 amide bonds. The SMILES string of the molecule is COCCn1c(SCC(=O)N2CCCCC2C)nc2ccc(Br)cc2c1=O. The van der Waals surface area contributed by atoms with Gasteiger partial charge in [-0.1, -0.05) is 27.7 Å². The first-order valence-corrected chi connectivity index (χ1v) is 10.9. The van der Waals surface area contributed by atoms with Crippen LogP contribution >= 0.6 is 27.7 Å². The lowest BCUT2D eigenvalue weighted by molar-refractivity contribution is -0.131. The molecule has 6 nitrogen and oxygen atoms in total. The maximum Gasteiger partial charge on any atom is 0.262 e. The topological polar surface area (TPSA) is 64.4 Å². The fourth-order valence-electron chi connectivity index (χ4n) is 3.34. The van der Waals surface area contributed by atoms with Crippen molar-refractivity contribution in [2.24, 2.45) is 0 Å². The number of carbonyl (C=O) groups excluding carboxylic acids is 1. The van der Waals surface area contributed by atoms with E-state index in [0.717, 1.165) is 23.9 Å². The molecule has 0 radical (unpaired) electrons. The van der Waals surface area contributed by atoms with Crippen LogP contribution < -0.4 is 5.56 Å². The first-order valence-electron chi connectivity index (χ1n) is 9.12. The molecule has 0 aliphatic carbocycles. The zero-order valence-electron chi connectivity index (χ0n) is 15.6. The summed E-state index contributed by atoms with van der Waals surface area (Å²) >= 11 is 4.73. The number of hydrogen-bond donors (Lipinski definition) is 0. The number of halogens is 1. The van der Waals surface area contributed by atoms with Gasteiger partial charge in [-0.2, -0.15) is 0 Å². The largest absolute Gasteiger partial charge is 0.383 e. The third-order valence-corrected chi connectivity index (χ3v) is 6.30. The van der Waals surface area contributed by atoms with Crippen LogP contribution in [0.1, 0.15) is 26.2 Å². The minimum Gasteiger partial charge on any atom is -0.383 e. The Kier molecular flexibility index (Phi) is 6.94. The lowest BCUT2D eigenvalue weighted by Crippen LogP contribution is -2.43. The fraction of sp³-hybridized carbons (Fsp3) is 0.526. The van der Waals surface area contributed by atoms with Crippen LogP contribution in [0.15, 0.2) is 32.6 Å². The molecule has 2 aromatic rings. The van der Waals surface area contributed by atoms with Crippen LogP contribution in [0.3, 0.4) is 0 Å². The van der Waals surface area contributed by atoms with Crippen LogP contribution in [0.25, 0.3) is 10.9 Å². The van der Waals surface area contributed by atoms with E-state index in [9.17, 15) is 9.59 Å². The summed E-state index contributed by atoms with van der Waals surface area (Å²) in [6.07, 6.45) is 3.29. The molecule has 1 unspecified atom stereocenters.